The number of aryl methyl sites for hydroxylation is 1. The molecule has 0 spiro atoms. The number of benzene rings is 1. The van der Waals surface area contributed by atoms with Crippen LogP contribution >= 0.6 is 0 Å². The molecule has 27 heavy (non-hydrogen) atoms. The van der Waals surface area contributed by atoms with Crippen LogP contribution in [0.5, 0.6) is 0 Å². The van der Waals surface area contributed by atoms with Gasteiger partial charge in [-0.3, -0.25) is 0 Å². The van der Waals surface area contributed by atoms with Crippen LogP contribution in [0.15, 0.2) is 53.2 Å². The Morgan fingerprint density at radius 1 is 1.07 bits per heavy atom. The van der Waals surface area contributed by atoms with E-state index in [2.05, 4.69) is 45.7 Å². The van der Waals surface area contributed by atoms with Crippen LogP contribution in [0, 0.1) is 6.92 Å². The van der Waals surface area contributed by atoms with Crippen LogP contribution in [0.2, 0.25) is 0 Å². The standard InChI is InChI=1S/C22H22N4O/c1-13(2)25-15(4)26(21-18(25)8-6-11-23-21)19-14(3)9-10-16-17-7-5-12-24-22(17)27-20(16)19/h5-13,15H,1-4H3/i13D. The molecule has 5 rings (SSSR count). The minimum atomic E-state index is -0.789. The highest BCUT2D eigenvalue weighted by atomic mass is 16.3. The quantitative estimate of drug-likeness (QED) is 0.480. The highest BCUT2D eigenvalue weighted by Gasteiger charge is 2.38. The Hall–Kier alpha value is -3.08. The van der Waals surface area contributed by atoms with Gasteiger partial charge >= 0.3 is 0 Å². The van der Waals surface area contributed by atoms with Crippen molar-refractivity contribution >= 4 is 39.3 Å². The summed E-state index contributed by atoms with van der Waals surface area (Å²) in [6, 6.07) is 11.3. The summed E-state index contributed by atoms with van der Waals surface area (Å²) in [5.41, 5.74) is 4.48. The van der Waals surface area contributed by atoms with Crippen molar-refractivity contribution in [1.29, 1.82) is 0 Å². The summed E-state index contributed by atoms with van der Waals surface area (Å²) in [5, 5.41) is 2.04. The zero-order valence-electron chi connectivity index (χ0n) is 16.9. The molecule has 0 fully saturated rings. The second kappa shape index (κ2) is 5.71. The van der Waals surface area contributed by atoms with E-state index in [1.807, 2.05) is 38.1 Å². The maximum atomic E-state index is 8.69. The summed E-state index contributed by atoms with van der Waals surface area (Å²) >= 11 is 0. The third-order valence-electron chi connectivity index (χ3n) is 5.32. The number of anilines is 3. The van der Waals surface area contributed by atoms with E-state index in [0.717, 1.165) is 39.1 Å². The third kappa shape index (κ3) is 2.17. The molecule has 5 nitrogen and oxygen atoms in total. The van der Waals surface area contributed by atoms with Gasteiger partial charge in [-0.2, -0.15) is 0 Å². The zero-order valence-corrected chi connectivity index (χ0v) is 15.9. The molecule has 1 unspecified atom stereocenters. The van der Waals surface area contributed by atoms with Gasteiger partial charge < -0.3 is 14.2 Å². The van der Waals surface area contributed by atoms with Gasteiger partial charge in [0.25, 0.3) is 0 Å². The zero-order chi connectivity index (χ0) is 19.6. The molecule has 0 radical (unpaired) electrons. The van der Waals surface area contributed by atoms with Gasteiger partial charge in [-0.05, 0) is 57.5 Å². The Morgan fingerprint density at radius 2 is 1.85 bits per heavy atom. The molecular formula is C22H22N4O. The number of pyridine rings is 2. The Morgan fingerprint density at radius 3 is 2.67 bits per heavy atom. The van der Waals surface area contributed by atoms with Crippen molar-refractivity contribution in [3.05, 3.63) is 54.4 Å². The van der Waals surface area contributed by atoms with Crippen LogP contribution in [0.3, 0.4) is 0 Å². The van der Waals surface area contributed by atoms with Crippen LogP contribution in [0.25, 0.3) is 22.1 Å². The third-order valence-corrected chi connectivity index (χ3v) is 5.32. The smallest absolute Gasteiger partial charge is 0.227 e. The Bertz CT molecular complexity index is 1210. The first-order valence-electron chi connectivity index (χ1n) is 9.68. The minimum Gasteiger partial charge on any atom is -0.435 e. The molecule has 5 heteroatoms. The van der Waals surface area contributed by atoms with E-state index in [1.54, 1.807) is 12.4 Å². The van der Waals surface area contributed by atoms with Gasteiger partial charge in [0.1, 0.15) is 6.17 Å². The molecule has 4 aromatic rings. The molecule has 0 amide bonds. The predicted octanol–water partition coefficient (Wildman–Crippen LogP) is 5.40. The van der Waals surface area contributed by atoms with Crippen molar-refractivity contribution in [3.63, 3.8) is 0 Å². The number of hydrogen-bond donors (Lipinski definition) is 0. The molecule has 1 aliphatic rings. The molecule has 3 aromatic heterocycles. The molecule has 0 saturated heterocycles. The average molecular weight is 359 g/mol. The van der Waals surface area contributed by atoms with Gasteiger partial charge in [0.2, 0.25) is 5.71 Å². The van der Waals surface area contributed by atoms with Crippen molar-refractivity contribution in [2.45, 2.75) is 39.9 Å². The minimum absolute atomic E-state index is 0.0807. The normalized spacial score (nSPS) is 17.6. The van der Waals surface area contributed by atoms with Gasteiger partial charge in [0.15, 0.2) is 11.4 Å². The molecule has 4 heterocycles. The topological polar surface area (TPSA) is 45.4 Å². The molecule has 0 saturated carbocycles. The molecule has 0 aliphatic carbocycles. The Labute approximate surface area is 159 Å². The molecule has 1 atom stereocenters. The van der Waals surface area contributed by atoms with Crippen molar-refractivity contribution < 1.29 is 5.79 Å². The molecule has 0 bridgehead atoms. The number of hydrogen-bond acceptors (Lipinski definition) is 5. The molecule has 0 N–H and O–H groups in total. The predicted molar refractivity (Wildman–Crippen MR) is 110 cm³/mol. The SMILES string of the molecule is [2H]C(C)(C)N1c2cccnc2N(c2c(C)ccc3c2oc2ncccc23)C1C. The van der Waals surface area contributed by atoms with Gasteiger partial charge in [-0.1, -0.05) is 12.1 Å². The molecular weight excluding hydrogens is 336 g/mol. The van der Waals surface area contributed by atoms with E-state index >= 15 is 0 Å². The van der Waals surface area contributed by atoms with Crippen LogP contribution in [0.1, 0.15) is 27.7 Å². The van der Waals surface area contributed by atoms with E-state index in [4.69, 9.17) is 5.79 Å². The average Bonchev–Trinajstić information content (AvgIpc) is 3.16. The fourth-order valence-corrected chi connectivity index (χ4v) is 4.22. The van der Waals surface area contributed by atoms with Gasteiger partial charge in [-0.25, -0.2) is 9.97 Å². The summed E-state index contributed by atoms with van der Waals surface area (Å²) < 4.78 is 14.9. The summed E-state index contributed by atoms with van der Waals surface area (Å²) in [6.45, 7) is 8.00. The van der Waals surface area contributed by atoms with Crippen molar-refractivity contribution in [3.8, 4) is 0 Å². The van der Waals surface area contributed by atoms with E-state index in [-0.39, 0.29) is 6.17 Å². The highest BCUT2D eigenvalue weighted by Crippen LogP contribution is 2.47. The fourth-order valence-electron chi connectivity index (χ4n) is 4.22. The van der Waals surface area contributed by atoms with Gasteiger partial charge in [0, 0.05) is 29.2 Å². The largest absolute Gasteiger partial charge is 0.435 e. The monoisotopic (exact) mass is 359 g/mol. The number of furan rings is 1. The molecule has 1 aromatic carbocycles. The number of nitrogens with zero attached hydrogens (tertiary/aromatic N) is 4. The fraction of sp³-hybridized carbons (Fsp3) is 0.273. The summed E-state index contributed by atoms with van der Waals surface area (Å²) in [4.78, 5) is 13.3. The van der Waals surface area contributed by atoms with Crippen molar-refractivity contribution in [1.82, 2.24) is 9.97 Å². The number of fused-ring (bicyclic) bond motifs is 4. The van der Waals surface area contributed by atoms with Crippen LogP contribution < -0.4 is 9.80 Å². The van der Waals surface area contributed by atoms with Gasteiger partial charge in [0.05, 0.1) is 12.7 Å². The van der Waals surface area contributed by atoms with Crippen LogP contribution in [-0.4, -0.2) is 22.2 Å². The van der Waals surface area contributed by atoms with E-state index in [9.17, 15) is 0 Å². The summed E-state index contributed by atoms with van der Waals surface area (Å²) in [5.74, 6) is 0.847. The molecule has 1 aliphatic heterocycles. The van der Waals surface area contributed by atoms with Crippen LogP contribution in [0.4, 0.5) is 17.2 Å². The van der Waals surface area contributed by atoms with E-state index < -0.39 is 6.02 Å². The van der Waals surface area contributed by atoms with Gasteiger partial charge in [-0.15, -0.1) is 0 Å². The second-order valence-corrected chi connectivity index (χ2v) is 7.23. The maximum Gasteiger partial charge on any atom is 0.227 e. The summed E-state index contributed by atoms with van der Waals surface area (Å²) in [6.07, 6.45) is 3.47. The maximum absolute atomic E-state index is 8.69. The molecule has 136 valence electrons. The first-order chi connectivity index (χ1) is 13.4. The Balaban J connectivity index is 1.82. The second-order valence-electron chi connectivity index (χ2n) is 7.23. The van der Waals surface area contributed by atoms with E-state index in [0.29, 0.717) is 5.71 Å². The van der Waals surface area contributed by atoms with Crippen molar-refractivity contribution in [2.75, 3.05) is 9.80 Å². The lowest BCUT2D eigenvalue weighted by atomic mass is 10.1. The lowest BCUT2D eigenvalue weighted by molar-refractivity contribution is 0.601. The summed E-state index contributed by atoms with van der Waals surface area (Å²) in [7, 11) is 0. The Kier molecular flexibility index (Phi) is 3.18. The van der Waals surface area contributed by atoms with Crippen LogP contribution in [-0.2, 0) is 0 Å². The lowest BCUT2D eigenvalue weighted by Gasteiger charge is -2.33. The highest BCUT2D eigenvalue weighted by molar-refractivity contribution is 6.09. The van der Waals surface area contributed by atoms with Crippen molar-refractivity contribution in [2.24, 2.45) is 0 Å². The number of aromatic nitrogens is 2. The first kappa shape index (κ1) is 15.0. The number of rotatable bonds is 2. The lowest BCUT2D eigenvalue weighted by Crippen LogP contribution is -2.42. The van der Waals surface area contributed by atoms with E-state index in [1.165, 1.54) is 0 Å². The first-order valence-corrected chi connectivity index (χ1v) is 9.18.